The Kier molecular flexibility index (Phi) is 2.98. The van der Waals surface area contributed by atoms with E-state index in [1.165, 1.54) is 6.07 Å². The fourth-order valence-electron chi connectivity index (χ4n) is 0.980. The van der Waals surface area contributed by atoms with Crippen molar-refractivity contribution in [2.24, 2.45) is 0 Å². The minimum atomic E-state index is -0.326. The minimum Gasteiger partial charge on any atom is -0.396 e. The molecule has 0 aliphatic carbocycles. The molecule has 1 aromatic rings. The summed E-state index contributed by atoms with van der Waals surface area (Å²) in [5.74, 6) is 0.652. The fourth-order valence-corrected chi connectivity index (χ4v) is 1.79. The highest BCUT2D eigenvalue weighted by Crippen LogP contribution is 2.26. The van der Waals surface area contributed by atoms with Gasteiger partial charge in [-0.2, -0.15) is 0 Å². The van der Waals surface area contributed by atoms with E-state index < -0.39 is 0 Å². The molecule has 1 nitrogen and oxygen atoms in total. The third-order valence-corrected chi connectivity index (χ3v) is 2.63. The zero-order valence-electron chi connectivity index (χ0n) is 7.23. The molecule has 0 amide bonds. The zero-order chi connectivity index (χ0) is 9.14. The molecular formula is C9H12FNS. The lowest BCUT2D eigenvalue weighted by molar-refractivity contribution is 0.630. The van der Waals surface area contributed by atoms with Gasteiger partial charge in [0, 0.05) is 4.90 Å². The first-order chi connectivity index (χ1) is 5.65. The van der Waals surface area contributed by atoms with E-state index >= 15 is 0 Å². The lowest BCUT2D eigenvalue weighted by Crippen LogP contribution is -1.92. The molecule has 0 spiro atoms. The summed E-state index contributed by atoms with van der Waals surface area (Å²) in [6.45, 7) is 3.95. The van der Waals surface area contributed by atoms with Gasteiger partial charge in [0.05, 0.1) is 5.69 Å². The molecule has 3 heteroatoms. The predicted molar refractivity (Wildman–Crippen MR) is 51.9 cm³/mol. The number of aryl methyl sites for hydroxylation is 1. The van der Waals surface area contributed by atoms with Crippen molar-refractivity contribution in [3.63, 3.8) is 0 Å². The second-order valence-electron chi connectivity index (χ2n) is 2.57. The summed E-state index contributed by atoms with van der Waals surface area (Å²) >= 11 is 1.68. The van der Waals surface area contributed by atoms with Gasteiger partial charge in [-0.1, -0.05) is 6.92 Å². The number of thioether (sulfide) groups is 1. The molecule has 0 bridgehead atoms. The second-order valence-corrected chi connectivity index (χ2v) is 3.88. The highest BCUT2D eigenvalue weighted by atomic mass is 32.2. The van der Waals surface area contributed by atoms with Crippen molar-refractivity contribution in [1.82, 2.24) is 0 Å². The number of hydrogen-bond acceptors (Lipinski definition) is 2. The number of hydrogen-bond donors (Lipinski definition) is 1. The van der Waals surface area contributed by atoms with E-state index in [4.69, 9.17) is 5.73 Å². The minimum absolute atomic E-state index is 0.233. The maximum absolute atomic E-state index is 12.9. The number of benzene rings is 1. The van der Waals surface area contributed by atoms with E-state index in [1.807, 2.05) is 6.92 Å². The topological polar surface area (TPSA) is 26.0 Å². The smallest absolute Gasteiger partial charge is 0.146 e. The van der Waals surface area contributed by atoms with E-state index in [-0.39, 0.29) is 11.5 Å². The van der Waals surface area contributed by atoms with Crippen LogP contribution >= 0.6 is 11.8 Å². The van der Waals surface area contributed by atoms with Gasteiger partial charge >= 0.3 is 0 Å². The van der Waals surface area contributed by atoms with Gasteiger partial charge in [0.15, 0.2) is 0 Å². The lowest BCUT2D eigenvalue weighted by atomic mass is 10.2. The van der Waals surface area contributed by atoms with Gasteiger partial charge in [0.2, 0.25) is 0 Å². The van der Waals surface area contributed by atoms with E-state index in [9.17, 15) is 4.39 Å². The molecule has 0 saturated heterocycles. The Hall–Kier alpha value is -0.700. The van der Waals surface area contributed by atoms with Crippen molar-refractivity contribution in [1.29, 1.82) is 0 Å². The van der Waals surface area contributed by atoms with Crippen LogP contribution in [0.1, 0.15) is 12.5 Å². The van der Waals surface area contributed by atoms with Gasteiger partial charge < -0.3 is 5.73 Å². The predicted octanol–water partition coefficient (Wildman–Crippen LogP) is 2.83. The first kappa shape index (κ1) is 9.39. The van der Waals surface area contributed by atoms with Crippen LogP contribution in [0.25, 0.3) is 0 Å². The molecule has 0 aliphatic rings. The third-order valence-electron chi connectivity index (χ3n) is 1.59. The Morgan fingerprint density at radius 1 is 1.50 bits per heavy atom. The molecule has 0 aromatic heterocycles. The van der Waals surface area contributed by atoms with Crippen molar-refractivity contribution >= 4 is 17.4 Å². The second kappa shape index (κ2) is 3.81. The molecule has 0 atom stereocenters. The van der Waals surface area contributed by atoms with Crippen molar-refractivity contribution in [2.75, 3.05) is 11.5 Å². The molecule has 0 heterocycles. The maximum atomic E-state index is 12.9. The molecule has 0 aliphatic heterocycles. The molecule has 1 rings (SSSR count). The SMILES string of the molecule is CCSc1cc(N)c(F)cc1C. The van der Waals surface area contributed by atoms with Crippen molar-refractivity contribution in [3.05, 3.63) is 23.5 Å². The van der Waals surface area contributed by atoms with E-state index in [0.717, 1.165) is 16.2 Å². The van der Waals surface area contributed by atoms with Gasteiger partial charge in [0.1, 0.15) is 5.82 Å². The summed E-state index contributed by atoms with van der Waals surface area (Å²) in [5, 5.41) is 0. The Labute approximate surface area is 76.2 Å². The Morgan fingerprint density at radius 2 is 2.17 bits per heavy atom. The number of rotatable bonds is 2. The molecule has 0 fully saturated rings. The summed E-state index contributed by atoms with van der Waals surface area (Å²) in [6.07, 6.45) is 0. The highest BCUT2D eigenvalue weighted by molar-refractivity contribution is 7.99. The molecule has 0 saturated carbocycles. The first-order valence-electron chi connectivity index (χ1n) is 3.83. The van der Waals surface area contributed by atoms with Crippen LogP contribution in [0.4, 0.5) is 10.1 Å². The fraction of sp³-hybridized carbons (Fsp3) is 0.333. The van der Waals surface area contributed by atoms with Gasteiger partial charge in [0.25, 0.3) is 0 Å². The summed E-state index contributed by atoms with van der Waals surface area (Å²) in [4.78, 5) is 1.07. The average molecular weight is 185 g/mol. The molecule has 1 aromatic carbocycles. The molecule has 0 radical (unpaired) electrons. The van der Waals surface area contributed by atoms with Crippen LogP contribution in [0.3, 0.4) is 0 Å². The normalized spacial score (nSPS) is 10.2. The lowest BCUT2D eigenvalue weighted by Gasteiger charge is -2.05. The summed E-state index contributed by atoms with van der Waals surface area (Å²) in [6, 6.07) is 3.17. The van der Waals surface area contributed by atoms with Crippen LogP contribution in [0, 0.1) is 12.7 Å². The molecule has 12 heavy (non-hydrogen) atoms. The summed E-state index contributed by atoms with van der Waals surface area (Å²) in [7, 11) is 0. The van der Waals surface area contributed by atoms with Crippen LogP contribution in [0.2, 0.25) is 0 Å². The van der Waals surface area contributed by atoms with Crippen LogP contribution < -0.4 is 5.73 Å². The van der Waals surface area contributed by atoms with Gasteiger partial charge in [-0.3, -0.25) is 0 Å². The van der Waals surface area contributed by atoms with Crippen molar-refractivity contribution in [3.8, 4) is 0 Å². The largest absolute Gasteiger partial charge is 0.396 e. The quantitative estimate of drug-likeness (QED) is 0.566. The standard InChI is InChI=1S/C9H12FNS/c1-3-12-9-5-8(11)7(10)4-6(9)2/h4-5H,3,11H2,1-2H3. The Bertz CT molecular complexity index is 286. The van der Waals surface area contributed by atoms with Crippen LogP contribution in [-0.2, 0) is 0 Å². The molecule has 66 valence electrons. The molecule has 0 unspecified atom stereocenters. The number of anilines is 1. The van der Waals surface area contributed by atoms with Crippen molar-refractivity contribution < 1.29 is 4.39 Å². The third kappa shape index (κ3) is 1.91. The van der Waals surface area contributed by atoms with Crippen molar-refractivity contribution in [2.45, 2.75) is 18.7 Å². The first-order valence-corrected chi connectivity index (χ1v) is 4.82. The highest BCUT2D eigenvalue weighted by Gasteiger charge is 2.03. The average Bonchev–Trinajstić information content (AvgIpc) is 2.01. The van der Waals surface area contributed by atoms with E-state index in [2.05, 4.69) is 6.92 Å². The zero-order valence-corrected chi connectivity index (χ0v) is 8.04. The van der Waals surface area contributed by atoms with Gasteiger partial charge in [-0.25, -0.2) is 4.39 Å². The molecular weight excluding hydrogens is 173 g/mol. The maximum Gasteiger partial charge on any atom is 0.146 e. The van der Waals surface area contributed by atoms with Crippen LogP contribution in [0.5, 0.6) is 0 Å². The van der Waals surface area contributed by atoms with E-state index in [0.29, 0.717) is 0 Å². The van der Waals surface area contributed by atoms with Gasteiger partial charge in [-0.15, -0.1) is 11.8 Å². The summed E-state index contributed by atoms with van der Waals surface area (Å²) in [5.41, 5.74) is 6.62. The summed E-state index contributed by atoms with van der Waals surface area (Å²) < 4.78 is 12.9. The number of nitrogens with two attached hydrogens (primary N) is 1. The number of halogens is 1. The Balaban J connectivity index is 3.05. The van der Waals surface area contributed by atoms with Crippen LogP contribution in [-0.4, -0.2) is 5.75 Å². The van der Waals surface area contributed by atoms with Crippen LogP contribution in [0.15, 0.2) is 17.0 Å². The Morgan fingerprint density at radius 3 is 2.75 bits per heavy atom. The van der Waals surface area contributed by atoms with Gasteiger partial charge in [-0.05, 0) is 30.4 Å². The monoisotopic (exact) mass is 185 g/mol. The number of nitrogen functional groups attached to an aromatic ring is 1. The van der Waals surface area contributed by atoms with E-state index in [1.54, 1.807) is 17.8 Å². The molecule has 2 N–H and O–H groups in total.